The van der Waals surface area contributed by atoms with Crippen molar-refractivity contribution in [1.82, 2.24) is 0 Å². The van der Waals surface area contributed by atoms with E-state index in [0.717, 1.165) is 12.8 Å². The van der Waals surface area contributed by atoms with Crippen LogP contribution in [0.5, 0.6) is 0 Å². The number of hydrogen-bond donors (Lipinski definition) is 0. The number of halogens is 2. The van der Waals surface area contributed by atoms with Gasteiger partial charge in [-0.05, 0) is 51.4 Å². The van der Waals surface area contributed by atoms with Gasteiger partial charge in [0.1, 0.15) is 0 Å². The Hall–Kier alpha value is 0.830. The number of ketones is 1. The highest BCUT2D eigenvalue weighted by Gasteiger charge is 2.50. The summed E-state index contributed by atoms with van der Waals surface area (Å²) in [6, 6.07) is 0. The second-order valence-electron chi connectivity index (χ2n) is 3.06. The van der Waals surface area contributed by atoms with Gasteiger partial charge in [0.05, 0.1) is 5.75 Å². The van der Waals surface area contributed by atoms with Crippen LogP contribution < -0.4 is 0 Å². The minimum absolute atomic E-state index is 0.0142. The molecular weight excluding hydrogens is 371 g/mol. The first-order chi connectivity index (χ1) is 5.83. The van der Waals surface area contributed by atoms with Crippen molar-refractivity contribution in [3.05, 3.63) is 0 Å². The predicted molar refractivity (Wildman–Crippen MR) is 62.9 cm³/mol. The van der Waals surface area contributed by atoms with Crippen LogP contribution in [0.25, 0.3) is 0 Å². The molecule has 0 unspecified atom stereocenters. The molecule has 0 radical (unpaired) electrons. The predicted octanol–water partition coefficient (Wildman–Crippen LogP) is 1.88. The fraction of sp³-hybridized carbons (Fsp3) is 0.857. The van der Waals surface area contributed by atoms with Crippen molar-refractivity contribution in [2.24, 2.45) is 5.92 Å². The van der Waals surface area contributed by atoms with Crippen molar-refractivity contribution in [1.29, 1.82) is 0 Å². The Labute approximate surface area is 99.8 Å². The Kier molecular flexibility index (Phi) is 3.45. The van der Waals surface area contributed by atoms with Crippen LogP contribution in [0.15, 0.2) is 0 Å². The number of sulfone groups is 1. The van der Waals surface area contributed by atoms with Crippen LogP contribution in [-0.4, -0.2) is 21.6 Å². The van der Waals surface area contributed by atoms with Gasteiger partial charge in [0.25, 0.3) is 0 Å². The summed E-state index contributed by atoms with van der Waals surface area (Å²) in [5.41, 5.74) is 0. The number of Topliss-reactive ketones (excluding diaryl/α,β-unsaturated/α-hetero) is 1. The number of hydrogen-bond acceptors (Lipinski definition) is 3. The SMILES string of the molecule is CCS(=O)(=O)[C@](Br)(I)C(=O)C1CC1. The van der Waals surface area contributed by atoms with Crippen molar-refractivity contribution in [2.45, 2.75) is 21.4 Å². The molecule has 3 nitrogen and oxygen atoms in total. The average molecular weight is 381 g/mol. The van der Waals surface area contributed by atoms with Gasteiger partial charge in [0.2, 0.25) is 1.66 Å². The average Bonchev–Trinajstić information content (AvgIpc) is 2.85. The third-order valence-corrected chi connectivity index (χ3v) is 8.16. The minimum atomic E-state index is -3.35. The summed E-state index contributed by atoms with van der Waals surface area (Å²) in [4.78, 5) is 11.6. The van der Waals surface area contributed by atoms with Gasteiger partial charge in [-0.3, -0.25) is 4.79 Å². The molecule has 0 aromatic rings. The first kappa shape index (κ1) is 11.9. The van der Waals surface area contributed by atoms with Crippen LogP contribution >= 0.6 is 38.5 Å². The molecule has 0 amide bonds. The summed E-state index contributed by atoms with van der Waals surface area (Å²) in [5.74, 6) is -0.257. The third kappa shape index (κ3) is 2.26. The van der Waals surface area contributed by atoms with Crippen molar-refractivity contribution >= 4 is 54.1 Å². The molecule has 76 valence electrons. The first-order valence-electron chi connectivity index (χ1n) is 3.97. The van der Waals surface area contributed by atoms with E-state index in [1.807, 2.05) is 0 Å². The zero-order valence-electron chi connectivity index (χ0n) is 7.09. The van der Waals surface area contributed by atoms with Gasteiger partial charge in [0.15, 0.2) is 15.6 Å². The topological polar surface area (TPSA) is 51.2 Å². The van der Waals surface area contributed by atoms with Gasteiger partial charge >= 0.3 is 0 Å². The van der Waals surface area contributed by atoms with Crippen molar-refractivity contribution in [3.8, 4) is 0 Å². The summed E-state index contributed by atoms with van der Waals surface area (Å²) in [5, 5.41) is 0. The van der Waals surface area contributed by atoms with Crippen LogP contribution in [0, 0.1) is 5.92 Å². The largest absolute Gasteiger partial charge is 0.296 e. The summed E-state index contributed by atoms with van der Waals surface area (Å²) in [7, 11) is -3.35. The molecule has 1 atom stereocenters. The monoisotopic (exact) mass is 380 g/mol. The molecule has 13 heavy (non-hydrogen) atoms. The molecule has 1 rings (SSSR count). The molecule has 0 bridgehead atoms. The number of rotatable bonds is 4. The highest BCUT2D eigenvalue weighted by atomic mass is 127. The van der Waals surface area contributed by atoms with E-state index in [2.05, 4.69) is 15.9 Å². The van der Waals surface area contributed by atoms with Crippen molar-refractivity contribution in [2.75, 3.05) is 5.75 Å². The summed E-state index contributed by atoms with van der Waals surface area (Å²) in [6.45, 7) is 1.55. The molecular formula is C7H10BrIO3S. The molecule has 0 saturated heterocycles. The van der Waals surface area contributed by atoms with E-state index in [0.29, 0.717) is 0 Å². The maximum Gasteiger partial charge on any atom is 0.234 e. The second-order valence-corrected chi connectivity index (χ2v) is 11.0. The molecule has 1 saturated carbocycles. The maximum absolute atomic E-state index is 11.6. The van der Waals surface area contributed by atoms with E-state index in [1.165, 1.54) is 0 Å². The number of carbonyl (C=O) groups is 1. The van der Waals surface area contributed by atoms with E-state index >= 15 is 0 Å². The van der Waals surface area contributed by atoms with Crippen LogP contribution in [0.2, 0.25) is 0 Å². The highest BCUT2D eigenvalue weighted by Crippen LogP contribution is 2.43. The van der Waals surface area contributed by atoms with Gasteiger partial charge in [-0.2, -0.15) is 0 Å². The summed E-state index contributed by atoms with van der Waals surface area (Å²) < 4.78 is 21.6. The molecule has 0 aromatic carbocycles. The van der Waals surface area contributed by atoms with Crippen LogP contribution in [0.4, 0.5) is 0 Å². The minimum Gasteiger partial charge on any atom is -0.296 e. The van der Waals surface area contributed by atoms with Gasteiger partial charge in [-0.1, -0.05) is 6.92 Å². The molecule has 0 spiro atoms. The zero-order chi connectivity index (χ0) is 10.3. The Morgan fingerprint density at radius 1 is 1.62 bits per heavy atom. The lowest BCUT2D eigenvalue weighted by atomic mass is 10.3. The van der Waals surface area contributed by atoms with Gasteiger partial charge < -0.3 is 0 Å². The Bertz CT molecular complexity index is 319. The van der Waals surface area contributed by atoms with E-state index in [4.69, 9.17) is 0 Å². The molecule has 1 aliphatic rings. The maximum atomic E-state index is 11.6. The summed E-state index contributed by atoms with van der Waals surface area (Å²) in [6.07, 6.45) is 1.66. The Balaban J connectivity index is 2.92. The molecule has 6 heteroatoms. The number of carbonyl (C=O) groups excluding carboxylic acids is 1. The summed E-state index contributed by atoms with van der Waals surface area (Å²) >= 11 is 4.70. The molecule has 0 heterocycles. The molecule has 0 aliphatic heterocycles. The second kappa shape index (κ2) is 3.77. The van der Waals surface area contributed by atoms with Crippen LogP contribution in [0.3, 0.4) is 0 Å². The van der Waals surface area contributed by atoms with E-state index in [1.54, 1.807) is 29.5 Å². The lowest BCUT2D eigenvalue weighted by molar-refractivity contribution is -0.118. The normalized spacial score (nSPS) is 22.4. The van der Waals surface area contributed by atoms with E-state index in [9.17, 15) is 13.2 Å². The first-order valence-corrected chi connectivity index (χ1v) is 7.49. The molecule has 0 aromatic heterocycles. The van der Waals surface area contributed by atoms with Gasteiger partial charge in [0, 0.05) is 5.92 Å². The number of alkyl halides is 2. The smallest absolute Gasteiger partial charge is 0.234 e. The Morgan fingerprint density at radius 3 is 2.38 bits per heavy atom. The molecule has 0 N–H and O–H groups in total. The van der Waals surface area contributed by atoms with E-state index in [-0.39, 0.29) is 17.5 Å². The third-order valence-electron chi connectivity index (χ3n) is 2.01. The quantitative estimate of drug-likeness (QED) is 0.552. The Morgan fingerprint density at radius 2 is 2.08 bits per heavy atom. The van der Waals surface area contributed by atoms with E-state index < -0.39 is 11.5 Å². The van der Waals surface area contributed by atoms with Crippen molar-refractivity contribution in [3.63, 3.8) is 0 Å². The molecule has 1 fully saturated rings. The lowest BCUT2D eigenvalue weighted by Crippen LogP contribution is -2.36. The van der Waals surface area contributed by atoms with Crippen LogP contribution in [-0.2, 0) is 14.6 Å². The zero-order valence-corrected chi connectivity index (χ0v) is 11.6. The standard InChI is InChI=1S/C7H10BrIO3S/c1-2-13(11,12)7(8,9)6(10)5-3-4-5/h5H,2-4H2,1H3/t7-/m1/s1. The van der Waals surface area contributed by atoms with Crippen molar-refractivity contribution < 1.29 is 13.2 Å². The lowest BCUT2D eigenvalue weighted by Gasteiger charge is -2.18. The van der Waals surface area contributed by atoms with Gasteiger partial charge in [-0.25, -0.2) is 8.42 Å². The van der Waals surface area contributed by atoms with Crippen LogP contribution in [0.1, 0.15) is 19.8 Å². The fourth-order valence-corrected chi connectivity index (χ4v) is 4.14. The molecule has 1 aliphatic carbocycles. The highest BCUT2D eigenvalue weighted by molar-refractivity contribution is 14.1. The van der Waals surface area contributed by atoms with Gasteiger partial charge in [-0.15, -0.1) is 0 Å². The fourth-order valence-electron chi connectivity index (χ4n) is 0.918.